The first kappa shape index (κ1) is 21.1. The lowest BCUT2D eigenvalue weighted by molar-refractivity contribution is -0.117. The van der Waals surface area contributed by atoms with Gasteiger partial charge in [-0.3, -0.25) is 9.59 Å². The van der Waals surface area contributed by atoms with E-state index in [1.165, 1.54) is 9.81 Å². The molecule has 0 fully saturated rings. The van der Waals surface area contributed by atoms with Gasteiger partial charge >= 0.3 is 0 Å². The van der Waals surface area contributed by atoms with E-state index in [-0.39, 0.29) is 23.2 Å². The number of hydrazone groups is 1. The zero-order chi connectivity index (χ0) is 23.5. The highest BCUT2D eigenvalue weighted by atomic mass is 16.2. The number of carbonyl (C=O) groups excluding carboxylic acids is 2. The van der Waals surface area contributed by atoms with Gasteiger partial charge in [0.05, 0.1) is 17.1 Å². The average Bonchev–Trinajstić information content (AvgIpc) is 3.44. The number of benzene rings is 3. The molecule has 5 rings (SSSR count). The highest BCUT2D eigenvalue weighted by molar-refractivity contribution is 6.18. The average molecular weight is 449 g/mol. The van der Waals surface area contributed by atoms with Crippen LogP contribution in [0, 0.1) is 0 Å². The summed E-state index contributed by atoms with van der Waals surface area (Å²) in [5.74, 6) is -0.652. The standard InChI is InChI=1S/C25H19N7O2/c1-17-21(25(34)31(28-17)19-13-7-3-8-14-19)26-27-24-22(23(33)18-11-5-2-6-12-18)29-32(30-24)20-15-9-4-10-16-20/h2-16,21H,1H3/t21-/m0/s1. The number of carbonyl (C=O) groups is 2. The molecular weight excluding hydrogens is 430 g/mol. The van der Waals surface area contributed by atoms with Gasteiger partial charge in [-0.2, -0.15) is 15.2 Å². The van der Waals surface area contributed by atoms with E-state index in [9.17, 15) is 9.59 Å². The number of hydrogen-bond donors (Lipinski definition) is 0. The first-order valence-electron chi connectivity index (χ1n) is 10.6. The first-order valence-corrected chi connectivity index (χ1v) is 10.6. The minimum atomic E-state index is -0.915. The number of aromatic nitrogens is 3. The Morgan fingerprint density at radius 2 is 1.41 bits per heavy atom. The molecule has 166 valence electrons. The highest BCUT2D eigenvalue weighted by Crippen LogP contribution is 2.25. The molecule has 1 aliphatic rings. The lowest BCUT2D eigenvalue weighted by Crippen LogP contribution is -2.29. The maximum Gasteiger partial charge on any atom is 0.280 e. The lowest BCUT2D eigenvalue weighted by atomic mass is 10.1. The number of para-hydroxylation sites is 2. The van der Waals surface area contributed by atoms with Gasteiger partial charge in [0.25, 0.3) is 5.91 Å². The van der Waals surface area contributed by atoms with E-state index in [1.54, 1.807) is 43.3 Å². The molecule has 0 spiro atoms. The monoisotopic (exact) mass is 449 g/mol. The quantitative estimate of drug-likeness (QED) is 0.322. The summed E-state index contributed by atoms with van der Waals surface area (Å²) in [6.07, 6.45) is 0. The van der Waals surface area contributed by atoms with Gasteiger partial charge in [0, 0.05) is 5.56 Å². The van der Waals surface area contributed by atoms with Gasteiger partial charge in [0.2, 0.25) is 11.6 Å². The Morgan fingerprint density at radius 1 is 0.824 bits per heavy atom. The third-order valence-corrected chi connectivity index (χ3v) is 5.20. The molecule has 0 radical (unpaired) electrons. The molecule has 9 nitrogen and oxygen atoms in total. The van der Waals surface area contributed by atoms with Gasteiger partial charge in [0.15, 0.2) is 11.7 Å². The van der Waals surface area contributed by atoms with Crippen molar-refractivity contribution in [3.63, 3.8) is 0 Å². The third kappa shape index (κ3) is 4.02. The SMILES string of the molecule is CC1=NN(c2ccccc2)C(=O)[C@H]1N=Nc1nn(-c2ccccc2)nc1C(=O)c1ccccc1. The molecule has 1 amide bonds. The van der Waals surface area contributed by atoms with Crippen molar-refractivity contribution in [2.75, 3.05) is 5.01 Å². The fourth-order valence-corrected chi connectivity index (χ4v) is 3.47. The summed E-state index contributed by atoms with van der Waals surface area (Å²) >= 11 is 0. The Labute approximate surface area is 195 Å². The largest absolute Gasteiger partial charge is 0.287 e. The summed E-state index contributed by atoms with van der Waals surface area (Å²) in [5, 5.41) is 22.8. The summed E-state index contributed by atoms with van der Waals surface area (Å²) in [4.78, 5) is 27.4. The van der Waals surface area contributed by atoms with Crippen molar-refractivity contribution >= 4 is 28.9 Å². The highest BCUT2D eigenvalue weighted by Gasteiger charge is 2.35. The minimum Gasteiger partial charge on any atom is -0.287 e. The first-order chi connectivity index (χ1) is 16.6. The second-order valence-electron chi connectivity index (χ2n) is 7.54. The van der Waals surface area contributed by atoms with Crippen LogP contribution >= 0.6 is 0 Å². The van der Waals surface area contributed by atoms with E-state index in [4.69, 9.17) is 0 Å². The van der Waals surface area contributed by atoms with Crippen LogP contribution in [0.3, 0.4) is 0 Å². The smallest absolute Gasteiger partial charge is 0.280 e. The Kier molecular flexibility index (Phi) is 5.57. The van der Waals surface area contributed by atoms with Gasteiger partial charge < -0.3 is 0 Å². The molecule has 1 atom stereocenters. The fourth-order valence-electron chi connectivity index (χ4n) is 3.47. The molecule has 1 aromatic heterocycles. The molecule has 3 aromatic carbocycles. The van der Waals surface area contributed by atoms with Crippen LogP contribution in [0.5, 0.6) is 0 Å². The maximum atomic E-state index is 13.2. The van der Waals surface area contributed by atoms with E-state index in [1.807, 2.05) is 54.6 Å². The van der Waals surface area contributed by atoms with Crippen molar-refractivity contribution in [1.29, 1.82) is 0 Å². The van der Waals surface area contributed by atoms with E-state index >= 15 is 0 Å². The molecule has 0 aliphatic carbocycles. The van der Waals surface area contributed by atoms with Gasteiger partial charge in [-0.1, -0.05) is 66.7 Å². The Bertz CT molecular complexity index is 1400. The summed E-state index contributed by atoms with van der Waals surface area (Å²) in [5.41, 5.74) is 2.28. The Hall–Kier alpha value is -4.79. The Morgan fingerprint density at radius 3 is 2.06 bits per heavy atom. The predicted octanol–water partition coefficient (Wildman–Crippen LogP) is 4.37. The van der Waals surface area contributed by atoms with E-state index < -0.39 is 6.04 Å². The van der Waals surface area contributed by atoms with Gasteiger partial charge in [-0.25, -0.2) is 0 Å². The zero-order valence-corrected chi connectivity index (χ0v) is 18.2. The number of amides is 1. The summed E-state index contributed by atoms with van der Waals surface area (Å²) in [6.45, 7) is 1.71. The minimum absolute atomic E-state index is 0.0245. The molecule has 0 saturated heterocycles. The molecular formula is C25H19N7O2. The second-order valence-corrected chi connectivity index (χ2v) is 7.54. The van der Waals surface area contributed by atoms with Crippen molar-refractivity contribution in [1.82, 2.24) is 15.0 Å². The van der Waals surface area contributed by atoms with Crippen molar-refractivity contribution in [3.05, 3.63) is 102 Å². The van der Waals surface area contributed by atoms with Gasteiger partial charge in [0.1, 0.15) is 0 Å². The topological polar surface area (TPSA) is 105 Å². The predicted molar refractivity (Wildman–Crippen MR) is 127 cm³/mol. The van der Waals surface area contributed by atoms with Crippen LogP contribution in [-0.4, -0.2) is 38.4 Å². The molecule has 34 heavy (non-hydrogen) atoms. The van der Waals surface area contributed by atoms with E-state index in [2.05, 4.69) is 25.5 Å². The molecule has 0 saturated carbocycles. The number of ketones is 1. The second kappa shape index (κ2) is 8.99. The van der Waals surface area contributed by atoms with Crippen LogP contribution in [0.15, 0.2) is 106 Å². The van der Waals surface area contributed by atoms with Crippen molar-refractivity contribution in [2.24, 2.45) is 15.3 Å². The molecule has 9 heteroatoms. The van der Waals surface area contributed by atoms with Crippen molar-refractivity contribution in [3.8, 4) is 5.69 Å². The van der Waals surface area contributed by atoms with E-state index in [0.29, 0.717) is 22.6 Å². The summed E-state index contributed by atoms with van der Waals surface area (Å²) in [7, 11) is 0. The van der Waals surface area contributed by atoms with Crippen LogP contribution in [0.25, 0.3) is 5.69 Å². The number of anilines is 1. The lowest BCUT2D eigenvalue weighted by Gasteiger charge is -2.11. The number of nitrogens with zero attached hydrogens (tertiary/aromatic N) is 7. The number of hydrogen-bond acceptors (Lipinski definition) is 7. The molecule has 2 heterocycles. The van der Waals surface area contributed by atoms with Crippen LogP contribution in [0.1, 0.15) is 23.0 Å². The van der Waals surface area contributed by atoms with Gasteiger partial charge in [-0.05, 0) is 31.2 Å². The molecule has 0 unspecified atom stereocenters. The fraction of sp³-hybridized carbons (Fsp3) is 0.0800. The molecule has 1 aliphatic heterocycles. The number of rotatable bonds is 6. The molecule has 4 aromatic rings. The summed E-state index contributed by atoms with van der Waals surface area (Å²) < 4.78 is 0. The van der Waals surface area contributed by atoms with Crippen molar-refractivity contribution in [2.45, 2.75) is 13.0 Å². The third-order valence-electron chi connectivity index (χ3n) is 5.20. The molecule has 0 N–H and O–H groups in total. The Balaban J connectivity index is 1.49. The molecule has 0 bridgehead atoms. The normalized spacial score (nSPS) is 15.7. The number of azo groups is 1. The maximum absolute atomic E-state index is 13.2. The summed E-state index contributed by atoms with van der Waals surface area (Å²) in [6, 6.07) is 26.1. The van der Waals surface area contributed by atoms with Crippen LogP contribution in [0.2, 0.25) is 0 Å². The van der Waals surface area contributed by atoms with Crippen LogP contribution in [0.4, 0.5) is 11.5 Å². The van der Waals surface area contributed by atoms with Crippen LogP contribution < -0.4 is 5.01 Å². The zero-order valence-electron chi connectivity index (χ0n) is 18.2. The van der Waals surface area contributed by atoms with Gasteiger partial charge in [-0.15, -0.1) is 20.1 Å². The van der Waals surface area contributed by atoms with Crippen LogP contribution in [-0.2, 0) is 4.79 Å². The van der Waals surface area contributed by atoms with Crippen molar-refractivity contribution < 1.29 is 9.59 Å². The van der Waals surface area contributed by atoms with E-state index in [0.717, 1.165) is 0 Å².